The number of hydrogen-bond donors (Lipinski definition) is 1. The first-order valence-electron chi connectivity index (χ1n) is 7.27. The Morgan fingerprint density at radius 2 is 1.87 bits per heavy atom. The zero-order valence-corrected chi connectivity index (χ0v) is 13.9. The lowest BCUT2D eigenvalue weighted by atomic mass is 9.87. The first kappa shape index (κ1) is 15.5. The van der Waals surface area contributed by atoms with Crippen LogP contribution in [0.5, 0.6) is 0 Å². The number of aromatic nitrogens is 3. The third kappa shape index (κ3) is 3.19. The van der Waals surface area contributed by atoms with Gasteiger partial charge in [0.05, 0.1) is 6.20 Å². The number of hydrogen-bond acceptors (Lipinski definition) is 3. The van der Waals surface area contributed by atoms with Crippen molar-refractivity contribution in [1.29, 1.82) is 0 Å². The quantitative estimate of drug-likeness (QED) is 0.725. The van der Waals surface area contributed by atoms with E-state index < -0.39 is 0 Å². The lowest BCUT2D eigenvalue weighted by molar-refractivity contribution is 0.102. The van der Waals surface area contributed by atoms with E-state index in [0.29, 0.717) is 22.2 Å². The molecular formula is C17H17ClN4O. The fourth-order valence-corrected chi connectivity index (χ4v) is 2.48. The second-order valence-corrected chi connectivity index (χ2v) is 6.73. The van der Waals surface area contributed by atoms with Gasteiger partial charge in [-0.1, -0.05) is 44.5 Å². The average Bonchev–Trinajstić information content (AvgIpc) is 2.95. The maximum absolute atomic E-state index is 12.3. The topological polar surface area (TPSA) is 59.3 Å². The lowest BCUT2D eigenvalue weighted by Gasteiger charge is -2.19. The fraction of sp³-hybridized carbons (Fsp3) is 0.235. The van der Waals surface area contributed by atoms with Crippen LogP contribution in [0.25, 0.3) is 5.65 Å². The molecule has 1 N–H and O–H groups in total. The molecule has 1 aromatic carbocycles. The monoisotopic (exact) mass is 328 g/mol. The standard InChI is InChI=1S/C17H17ClN4O/c1-17(2,3)12-6-4-11(5-7-12)16(23)21-14-10-13(18)22-15(20-14)8-9-19-22/h4-10H,1-3H3,(H,20,21,23). The molecule has 2 aromatic heterocycles. The molecule has 0 atom stereocenters. The highest BCUT2D eigenvalue weighted by atomic mass is 35.5. The summed E-state index contributed by atoms with van der Waals surface area (Å²) < 4.78 is 1.50. The SMILES string of the molecule is CC(C)(C)c1ccc(C(=O)Nc2cc(Cl)n3nccc3n2)cc1. The van der Waals surface area contributed by atoms with Gasteiger partial charge in [-0.25, -0.2) is 9.50 Å². The van der Waals surface area contributed by atoms with Crippen molar-refractivity contribution in [2.45, 2.75) is 26.2 Å². The number of carbonyl (C=O) groups excluding carboxylic acids is 1. The van der Waals surface area contributed by atoms with Crippen LogP contribution in [0.1, 0.15) is 36.7 Å². The maximum atomic E-state index is 12.3. The summed E-state index contributed by atoms with van der Waals surface area (Å²) in [5.74, 6) is 0.172. The molecule has 0 spiro atoms. The molecule has 1 amide bonds. The summed E-state index contributed by atoms with van der Waals surface area (Å²) in [6.45, 7) is 6.40. The highest BCUT2D eigenvalue weighted by molar-refractivity contribution is 6.30. The van der Waals surface area contributed by atoms with Gasteiger partial charge in [-0.2, -0.15) is 5.10 Å². The smallest absolute Gasteiger partial charge is 0.256 e. The summed E-state index contributed by atoms with van der Waals surface area (Å²) in [5, 5.41) is 7.19. The van der Waals surface area contributed by atoms with Crippen LogP contribution >= 0.6 is 11.6 Å². The van der Waals surface area contributed by atoms with Crippen LogP contribution in [0.15, 0.2) is 42.6 Å². The molecule has 0 unspecified atom stereocenters. The second kappa shape index (κ2) is 5.66. The molecule has 2 heterocycles. The Morgan fingerprint density at radius 3 is 2.52 bits per heavy atom. The van der Waals surface area contributed by atoms with Crippen LogP contribution in [0.2, 0.25) is 5.15 Å². The maximum Gasteiger partial charge on any atom is 0.256 e. The highest BCUT2D eigenvalue weighted by Gasteiger charge is 2.15. The van der Waals surface area contributed by atoms with Crippen LogP contribution in [-0.4, -0.2) is 20.5 Å². The van der Waals surface area contributed by atoms with Crippen molar-refractivity contribution in [1.82, 2.24) is 14.6 Å². The van der Waals surface area contributed by atoms with Crippen molar-refractivity contribution in [3.63, 3.8) is 0 Å². The Labute approximate surface area is 139 Å². The minimum Gasteiger partial charge on any atom is -0.306 e. The molecule has 0 aliphatic heterocycles. The zero-order chi connectivity index (χ0) is 16.6. The van der Waals surface area contributed by atoms with E-state index in [0.717, 1.165) is 0 Å². The fourth-order valence-electron chi connectivity index (χ4n) is 2.25. The molecule has 0 bridgehead atoms. The molecule has 0 aliphatic rings. The van der Waals surface area contributed by atoms with Gasteiger partial charge in [0.25, 0.3) is 5.91 Å². The number of carbonyl (C=O) groups is 1. The van der Waals surface area contributed by atoms with Crippen LogP contribution in [0, 0.1) is 0 Å². The lowest BCUT2D eigenvalue weighted by Crippen LogP contribution is -2.15. The number of nitrogens with zero attached hydrogens (tertiary/aromatic N) is 3. The summed E-state index contributed by atoms with van der Waals surface area (Å²) in [4.78, 5) is 16.6. The molecule has 0 aliphatic carbocycles. The van der Waals surface area contributed by atoms with Crippen molar-refractivity contribution < 1.29 is 4.79 Å². The normalized spacial score (nSPS) is 11.7. The molecule has 6 heteroatoms. The molecule has 3 rings (SSSR count). The first-order chi connectivity index (χ1) is 10.8. The van der Waals surface area contributed by atoms with E-state index in [4.69, 9.17) is 11.6 Å². The van der Waals surface area contributed by atoms with E-state index in [-0.39, 0.29) is 11.3 Å². The van der Waals surface area contributed by atoms with Crippen molar-refractivity contribution in [2.75, 3.05) is 5.32 Å². The first-order valence-corrected chi connectivity index (χ1v) is 7.64. The molecule has 118 valence electrons. The molecule has 0 saturated carbocycles. The third-order valence-corrected chi connectivity index (χ3v) is 3.84. The Hall–Kier alpha value is -2.40. The largest absolute Gasteiger partial charge is 0.306 e. The van der Waals surface area contributed by atoms with Gasteiger partial charge in [0.2, 0.25) is 0 Å². The summed E-state index contributed by atoms with van der Waals surface area (Å²) >= 11 is 6.11. The zero-order valence-electron chi connectivity index (χ0n) is 13.2. The molecule has 0 saturated heterocycles. The van der Waals surface area contributed by atoms with E-state index in [1.807, 2.05) is 24.3 Å². The Balaban J connectivity index is 1.82. The average molecular weight is 329 g/mol. The molecule has 5 nitrogen and oxygen atoms in total. The van der Waals surface area contributed by atoms with E-state index in [1.54, 1.807) is 18.3 Å². The predicted molar refractivity (Wildman–Crippen MR) is 91.1 cm³/mol. The van der Waals surface area contributed by atoms with Crippen LogP contribution in [0.3, 0.4) is 0 Å². The van der Waals surface area contributed by atoms with Gasteiger partial charge in [0, 0.05) is 17.7 Å². The Bertz CT molecular complexity index is 862. The van der Waals surface area contributed by atoms with Crippen molar-refractivity contribution in [3.05, 3.63) is 58.9 Å². The Morgan fingerprint density at radius 1 is 1.17 bits per heavy atom. The number of halogens is 1. The van der Waals surface area contributed by atoms with Gasteiger partial charge in [-0.3, -0.25) is 4.79 Å². The molecule has 0 fully saturated rings. The number of fused-ring (bicyclic) bond motifs is 1. The number of anilines is 1. The van der Waals surface area contributed by atoms with Gasteiger partial charge in [-0.05, 0) is 23.1 Å². The summed E-state index contributed by atoms with van der Waals surface area (Å²) in [6, 6.07) is 10.9. The van der Waals surface area contributed by atoms with Gasteiger partial charge < -0.3 is 5.32 Å². The van der Waals surface area contributed by atoms with Crippen LogP contribution in [0.4, 0.5) is 5.82 Å². The van der Waals surface area contributed by atoms with E-state index in [9.17, 15) is 4.79 Å². The predicted octanol–water partition coefficient (Wildman–Crippen LogP) is 3.93. The van der Waals surface area contributed by atoms with E-state index in [2.05, 4.69) is 36.2 Å². The summed E-state index contributed by atoms with van der Waals surface area (Å²) in [7, 11) is 0. The van der Waals surface area contributed by atoms with Crippen LogP contribution < -0.4 is 5.32 Å². The number of nitrogens with one attached hydrogen (secondary N) is 1. The molecule has 0 radical (unpaired) electrons. The minimum absolute atomic E-state index is 0.0527. The second-order valence-electron chi connectivity index (χ2n) is 6.35. The van der Waals surface area contributed by atoms with Crippen LogP contribution in [-0.2, 0) is 5.41 Å². The van der Waals surface area contributed by atoms with Crippen molar-refractivity contribution in [2.24, 2.45) is 0 Å². The number of rotatable bonds is 2. The minimum atomic E-state index is -0.224. The van der Waals surface area contributed by atoms with Gasteiger partial charge in [-0.15, -0.1) is 0 Å². The van der Waals surface area contributed by atoms with Crippen molar-refractivity contribution in [3.8, 4) is 0 Å². The Kier molecular flexibility index (Phi) is 3.82. The van der Waals surface area contributed by atoms with Gasteiger partial charge in [0.15, 0.2) is 5.65 Å². The van der Waals surface area contributed by atoms with Gasteiger partial charge in [0.1, 0.15) is 11.0 Å². The van der Waals surface area contributed by atoms with E-state index in [1.165, 1.54) is 10.1 Å². The molecule has 23 heavy (non-hydrogen) atoms. The number of amides is 1. The molecular weight excluding hydrogens is 312 g/mol. The summed E-state index contributed by atoms with van der Waals surface area (Å²) in [6.07, 6.45) is 1.60. The van der Waals surface area contributed by atoms with Gasteiger partial charge >= 0.3 is 0 Å². The highest BCUT2D eigenvalue weighted by Crippen LogP contribution is 2.22. The summed E-state index contributed by atoms with van der Waals surface area (Å²) in [5.41, 5.74) is 2.38. The number of benzene rings is 1. The van der Waals surface area contributed by atoms with E-state index >= 15 is 0 Å². The third-order valence-electron chi connectivity index (χ3n) is 3.57. The molecule has 3 aromatic rings. The van der Waals surface area contributed by atoms with Crippen molar-refractivity contribution >= 4 is 29.0 Å².